The minimum atomic E-state index is -2.49. The fourth-order valence-corrected chi connectivity index (χ4v) is 6.72. The number of aliphatic hydroxyl groups is 1. The van der Waals surface area contributed by atoms with Crippen LogP contribution in [0.15, 0.2) is 101 Å². The molecule has 3 atom stereocenters. The summed E-state index contributed by atoms with van der Waals surface area (Å²) in [5.74, 6) is 1.38. The summed E-state index contributed by atoms with van der Waals surface area (Å²) in [6.07, 6.45) is -1.75. The van der Waals surface area contributed by atoms with Crippen LogP contribution in [0.25, 0.3) is 0 Å². The number of nitrogens with zero attached hydrogens (tertiary/aromatic N) is 1. The van der Waals surface area contributed by atoms with Gasteiger partial charge in [-0.3, -0.25) is 14.3 Å². The molecular formula is C36H43N2O8Si. The lowest BCUT2D eigenvalue weighted by atomic mass is 9.80. The van der Waals surface area contributed by atoms with E-state index in [0.717, 1.165) is 16.7 Å². The molecule has 2 heterocycles. The van der Waals surface area contributed by atoms with Gasteiger partial charge in [-0.2, -0.15) is 0 Å². The van der Waals surface area contributed by atoms with Gasteiger partial charge in [-0.1, -0.05) is 75.4 Å². The first kappa shape index (κ1) is 34.3. The minimum Gasteiger partial charge on any atom is -0.497 e. The van der Waals surface area contributed by atoms with E-state index < -0.39 is 43.6 Å². The van der Waals surface area contributed by atoms with E-state index in [1.165, 1.54) is 16.8 Å². The second kappa shape index (κ2) is 13.6. The van der Waals surface area contributed by atoms with Crippen LogP contribution in [-0.4, -0.2) is 56.0 Å². The van der Waals surface area contributed by atoms with Crippen LogP contribution in [0.3, 0.4) is 0 Å². The molecule has 4 aromatic rings. The molecule has 1 aliphatic rings. The lowest BCUT2D eigenvalue weighted by Gasteiger charge is -2.40. The second-order valence-electron chi connectivity index (χ2n) is 13.1. The van der Waals surface area contributed by atoms with Crippen LogP contribution >= 0.6 is 0 Å². The van der Waals surface area contributed by atoms with Gasteiger partial charge >= 0.3 is 5.69 Å². The summed E-state index contributed by atoms with van der Waals surface area (Å²) in [6, 6.07) is 26.3. The van der Waals surface area contributed by atoms with Crippen LogP contribution < -0.4 is 20.7 Å². The molecule has 10 nitrogen and oxygen atoms in total. The van der Waals surface area contributed by atoms with Gasteiger partial charge in [0, 0.05) is 12.3 Å². The Balaban J connectivity index is 1.59. The topological polar surface area (TPSA) is 121 Å². The van der Waals surface area contributed by atoms with Gasteiger partial charge in [0.1, 0.15) is 29.3 Å². The molecule has 0 bridgehead atoms. The third-order valence-corrected chi connectivity index (χ3v) is 13.6. The molecule has 0 amide bonds. The van der Waals surface area contributed by atoms with Gasteiger partial charge in [0.15, 0.2) is 20.6 Å². The van der Waals surface area contributed by atoms with Crippen molar-refractivity contribution in [3.63, 3.8) is 0 Å². The lowest BCUT2D eigenvalue weighted by molar-refractivity contribution is -0.0884. The van der Waals surface area contributed by atoms with Crippen molar-refractivity contribution in [1.29, 1.82) is 0 Å². The van der Waals surface area contributed by atoms with Crippen molar-refractivity contribution in [3.8, 4) is 11.5 Å². The number of aliphatic hydroxyl groups excluding tert-OH is 1. The quantitative estimate of drug-likeness (QED) is 0.154. The van der Waals surface area contributed by atoms with Crippen molar-refractivity contribution in [2.75, 3.05) is 20.8 Å². The maximum absolute atomic E-state index is 13.0. The van der Waals surface area contributed by atoms with Crippen molar-refractivity contribution in [2.45, 2.75) is 62.9 Å². The number of aromatic nitrogens is 2. The summed E-state index contributed by atoms with van der Waals surface area (Å²) in [6.45, 7) is 10.3. The molecule has 1 aromatic heterocycles. The molecule has 0 spiro atoms. The first-order chi connectivity index (χ1) is 22.3. The number of methoxy groups -OCH3 is 2. The van der Waals surface area contributed by atoms with Crippen LogP contribution in [0.1, 0.15) is 43.7 Å². The summed E-state index contributed by atoms with van der Waals surface area (Å²) < 4.78 is 32.2. The van der Waals surface area contributed by atoms with E-state index in [2.05, 4.69) is 38.8 Å². The highest BCUT2D eigenvalue weighted by Crippen LogP contribution is 2.46. The highest BCUT2D eigenvalue weighted by molar-refractivity contribution is 6.74. The van der Waals surface area contributed by atoms with E-state index in [9.17, 15) is 14.7 Å². The van der Waals surface area contributed by atoms with Crippen LogP contribution in [0.5, 0.6) is 11.5 Å². The maximum Gasteiger partial charge on any atom is 0.330 e. The molecule has 0 aliphatic carbocycles. The smallest absolute Gasteiger partial charge is 0.330 e. The van der Waals surface area contributed by atoms with E-state index in [0.29, 0.717) is 11.5 Å². The summed E-state index contributed by atoms with van der Waals surface area (Å²) in [5.41, 5.74) is 0.104. The van der Waals surface area contributed by atoms with E-state index in [4.69, 9.17) is 23.4 Å². The Labute approximate surface area is 276 Å². The zero-order valence-electron chi connectivity index (χ0n) is 27.9. The van der Waals surface area contributed by atoms with E-state index >= 15 is 0 Å². The number of aromatic amines is 1. The van der Waals surface area contributed by atoms with Gasteiger partial charge in [-0.15, -0.1) is 0 Å². The molecule has 3 aromatic carbocycles. The van der Waals surface area contributed by atoms with E-state index in [-0.39, 0.29) is 17.7 Å². The molecular weight excluding hydrogens is 616 g/mol. The zero-order chi connectivity index (χ0) is 34.0. The Morgan fingerprint density at radius 3 is 1.85 bits per heavy atom. The first-order valence-corrected chi connectivity index (χ1v) is 18.4. The van der Waals surface area contributed by atoms with Crippen molar-refractivity contribution in [3.05, 3.63) is 135 Å². The molecule has 47 heavy (non-hydrogen) atoms. The highest BCUT2D eigenvalue weighted by atomic mass is 28.4. The van der Waals surface area contributed by atoms with E-state index in [1.54, 1.807) is 14.2 Å². The summed E-state index contributed by atoms with van der Waals surface area (Å²) in [7, 11) is 0.733. The maximum atomic E-state index is 13.0. The predicted octanol–water partition coefficient (Wildman–Crippen LogP) is 5.75. The largest absolute Gasteiger partial charge is 0.497 e. The molecule has 249 valence electrons. The molecule has 1 fully saturated rings. The molecule has 1 saturated heterocycles. The number of nitrogens with one attached hydrogen (secondary N) is 1. The molecule has 5 rings (SSSR count). The molecule has 0 unspecified atom stereocenters. The van der Waals surface area contributed by atoms with Crippen molar-refractivity contribution in [1.82, 2.24) is 9.55 Å². The summed E-state index contributed by atoms with van der Waals surface area (Å²) in [5, 5.41) is 11.6. The molecule has 2 N–H and O–H groups in total. The lowest BCUT2D eigenvalue weighted by Crippen LogP contribution is -2.48. The minimum absolute atomic E-state index is 0.0932. The van der Waals surface area contributed by atoms with Crippen LogP contribution in [0.2, 0.25) is 18.1 Å². The fourth-order valence-electron chi connectivity index (χ4n) is 5.49. The Morgan fingerprint density at radius 2 is 1.36 bits per heavy atom. The Bertz CT molecular complexity index is 1700. The van der Waals surface area contributed by atoms with E-state index in [1.807, 2.05) is 78.9 Å². The number of ether oxygens (including phenoxy) is 4. The Morgan fingerprint density at radius 1 is 0.830 bits per heavy atom. The predicted molar refractivity (Wildman–Crippen MR) is 181 cm³/mol. The van der Waals surface area contributed by atoms with Gasteiger partial charge in [0.05, 0.1) is 20.8 Å². The second-order valence-corrected chi connectivity index (χ2v) is 17.8. The molecule has 1 aliphatic heterocycles. The first-order valence-electron chi connectivity index (χ1n) is 15.5. The summed E-state index contributed by atoms with van der Waals surface area (Å²) >= 11 is 0. The molecule has 11 heteroatoms. The van der Waals surface area contributed by atoms with Crippen molar-refractivity contribution < 1.29 is 28.5 Å². The number of benzene rings is 3. The van der Waals surface area contributed by atoms with Gasteiger partial charge < -0.3 is 28.5 Å². The molecule has 1 radical (unpaired) electrons. The van der Waals surface area contributed by atoms with Crippen LogP contribution in [-0.2, 0) is 19.5 Å². The van der Waals surface area contributed by atoms with Crippen molar-refractivity contribution in [2.24, 2.45) is 0 Å². The number of hydrogen-bond acceptors (Lipinski definition) is 8. The monoisotopic (exact) mass is 659 g/mol. The average Bonchev–Trinajstić information content (AvgIpc) is 3.35. The third kappa shape index (κ3) is 6.86. The van der Waals surface area contributed by atoms with Crippen LogP contribution in [0.4, 0.5) is 0 Å². The van der Waals surface area contributed by atoms with Gasteiger partial charge in [0.2, 0.25) is 0 Å². The normalized spacial score (nSPS) is 19.1. The Kier molecular flexibility index (Phi) is 9.95. The number of hydrogen-bond donors (Lipinski definition) is 2. The number of rotatable bonds is 11. The average molecular weight is 660 g/mol. The number of H-pyrrole nitrogens is 1. The van der Waals surface area contributed by atoms with Crippen molar-refractivity contribution >= 4 is 8.32 Å². The van der Waals surface area contributed by atoms with Crippen LogP contribution in [0, 0.1) is 6.10 Å². The summed E-state index contributed by atoms with van der Waals surface area (Å²) in [4.78, 5) is 27.2. The van der Waals surface area contributed by atoms with Gasteiger partial charge in [0.25, 0.3) is 5.56 Å². The fraction of sp³-hybridized carbons (Fsp3) is 0.361. The standard InChI is InChI=1S/C36H43N2O8Si/c1-35(2,3)47(6,7)46-32-31(40)29(45-33(32)38-22-21-30(39)37-34(38)41)23-44-36(24-11-9-8-10-12-24,25-13-17-27(42-4)18-14-25)26-15-19-28(43-5)20-16-26/h8-22,29,32-33,40H,23H2,1-7H3,(H,37,39,41)/t29-,32-,33-/m1/s1. The SMILES string of the molecule is COc1ccc(C(OC[C@H]2O[C@@H](n3ccc(=O)[nH]c3=O)[C@H](O[Si](C)(C)C(C)(C)C)[C]2O)(c2ccccc2)c2ccc(OC)cc2)cc1. The Hall–Kier alpha value is -4.00. The zero-order valence-corrected chi connectivity index (χ0v) is 28.9. The van der Waals surface area contributed by atoms with Gasteiger partial charge in [-0.05, 0) is 59.1 Å². The third-order valence-electron chi connectivity index (χ3n) is 9.16. The molecule has 0 saturated carbocycles. The highest BCUT2D eigenvalue weighted by Gasteiger charge is 2.52. The van der Waals surface area contributed by atoms with Gasteiger partial charge in [-0.25, -0.2) is 4.79 Å².